The smallest absolute Gasteiger partial charge is 0.0945 e. The zero-order valence-electron chi connectivity index (χ0n) is 11.9. The van der Waals surface area contributed by atoms with Crippen LogP contribution in [0.1, 0.15) is 10.6 Å². The molecule has 2 aromatic rings. The van der Waals surface area contributed by atoms with Crippen LogP contribution in [0.2, 0.25) is 0 Å². The molecule has 1 aromatic heterocycles. The number of aryl methyl sites for hydroxylation is 1. The highest BCUT2D eigenvalue weighted by atomic mass is 79.9. The number of hydrogen-bond acceptors (Lipinski definition) is 5. The quantitative estimate of drug-likeness (QED) is 0.700. The summed E-state index contributed by atoms with van der Waals surface area (Å²) in [4.78, 5) is 5.45. The van der Waals surface area contributed by atoms with Crippen LogP contribution in [0, 0.1) is 6.92 Å². The summed E-state index contributed by atoms with van der Waals surface area (Å²) in [5.41, 5.74) is 3.90. The minimum absolute atomic E-state index is 0.335. The fourth-order valence-corrected chi connectivity index (χ4v) is 2.84. The Kier molecular flexibility index (Phi) is 6.63. The molecule has 0 saturated carbocycles. The van der Waals surface area contributed by atoms with Crippen molar-refractivity contribution in [2.45, 2.75) is 19.4 Å². The molecule has 0 amide bonds. The van der Waals surface area contributed by atoms with E-state index in [9.17, 15) is 5.11 Å². The number of aromatic nitrogens is 1. The van der Waals surface area contributed by atoms with Gasteiger partial charge in [-0.25, -0.2) is 4.98 Å². The lowest BCUT2D eigenvalue weighted by Gasteiger charge is -2.13. The molecule has 1 unspecified atom stereocenters. The van der Waals surface area contributed by atoms with Crippen molar-refractivity contribution >= 4 is 33.0 Å². The summed E-state index contributed by atoms with van der Waals surface area (Å²) in [6.45, 7) is 3.42. The predicted molar refractivity (Wildman–Crippen MR) is 90.0 cm³/mol. The number of anilines is 1. The van der Waals surface area contributed by atoms with E-state index in [0.717, 1.165) is 22.3 Å². The molecule has 0 spiro atoms. The van der Waals surface area contributed by atoms with Gasteiger partial charge >= 0.3 is 0 Å². The molecule has 0 bridgehead atoms. The van der Waals surface area contributed by atoms with Gasteiger partial charge in [0.2, 0.25) is 0 Å². The Morgan fingerprint density at radius 1 is 1.38 bits per heavy atom. The number of aliphatic hydroxyl groups is 1. The Morgan fingerprint density at radius 3 is 2.81 bits per heavy atom. The molecular formula is C15H19BrN2O2S. The first-order chi connectivity index (χ1) is 10.1. The van der Waals surface area contributed by atoms with E-state index in [1.165, 1.54) is 4.88 Å². The van der Waals surface area contributed by atoms with Crippen molar-refractivity contribution in [1.29, 1.82) is 0 Å². The SMILES string of the molecule is Cc1ncsc1CCOCC(O)CNc1ccc(Br)cc1. The van der Waals surface area contributed by atoms with Crippen LogP contribution in [0.25, 0.3) is 0 Å². The summed E-state index contributed by atoms with van der Waals surface area (Å²) in [6.07, 6.45) is 0.333. The zero-order chi connectivity index (χ0) is 15.1. The standard InChI is InChI=1S/C15H19BrN2O2S/c1-11-15(21-10-18-11)6-7-20-9-14(19)8-17-13-4-2-12(16)3-5-13/h2-5,10,14,17,19H,6-9H2,1H3. The van der Waals surface area contributed by atoms with Gasteiger partial charge in [0.25, 0.3) is 0 Å². The fourth-order valence-electron chi connectivity index (χ4n) is 1.81. The Balaban J connectivity index is 1.60. The summed E-state index contributed by atoms with van der Waals surface area (Å²) >= 11 is 5.04. The molecule has 0 aliphatic carbocycles. The first-order valence-corrected chi connectivity index (χ1v) is 8.46. The Labute approximate surface area is 137 Å². The van der Waals surface area contributed by atoms with E-state index in [-0.39, 0.29) is 0 Å². The van der Waals surface area contributed by atoms with Crippen LogP contribution in [0.15, 0.2) is 34.2 Å². The van der Waals surface area contributed by atoms with Crippen LogP contribution in [-0.2, 0) is 11.2 Å². The lowest BCUT2D eigenvalue weighted by atomic mass is 10.3. The van der Waals surface area contributed by atoms with Crippen molar-refractivity contribution in [3.63, 3.8) is 0 Å². The van der Waals surface area contributed by atoms with Crippen molar-refractivity contribution in [2.24, 2.45) is 0 Å². The average molecular weight is 371 g/mol. The molecule has 0 radical (unpaired) electrons. The van der Waals surface area contributed by atoms with Crippen LogP contribution >= 0.6 is 27.3 Å². The van der Waals surface area contributed by atoms with E-state index < -0.39 is 6.10 Å². The van der Waals surface area contributed by atoms with Gasteiger partial charge in [-0.15, -0.1) is 11.3 Å². The molecule has 114 valence electrons. The van der Waals surface area contributed by atoms with Crippen molar-refractivity contribution in [2.75, 3.05) is 25.1 Å². The highest BCUT2D eigenvalue weighted by Gasteiger charge is 2.05. The summed E-state index contributed by atoms with van der Waals surface area (Å²) in [5, 5.41) is 13.0. The number of ether oxygens (including phenoxy) is 1. The van der Waals surface area contributed by atoms with Crippen molar-refractivity contribution in [3.05, 3.63) is 44.8 Å². The van der Waals surface area contributed by atoms with Crippen molar-refractivity contribution in [3.8, 4) is 0 Å². The van der Waals surface area contributed by atoms with Crippen molar-refractivity contribution in [1.82, 2.24) is 4.98 Å². The molecule has 1 heterocycles. The van der Waals surface area contributed by atoms with Gasteiger partial charge in [-0.1, -0.05) is 15.9 Å². The normalized spacial score (nSPS) is 12.3. The zero-order valence-corrected chi connectivity index (χ0v) is 14.3. The van der Waals surface area contributed by atoms with Crippen LogP contribution in [-0.4, -0.2) is 36.0 Å². The highest BCUT2D eigenvalue weighted by Crippen LogP contribution is 2.14. The van der Waals surface area contributed by atoms with Gasteiger partial charge in [0.15, 0.2) is 0 Å². The van der Waals surface area contributed by atoms with E-state index in [4.69, 9.17) is 4.74 Å². The van der Waals surface area contributed by atoms with Crippen molar-refractivity contribution < 1.29 is 9.84 Å². The number of benzene rings is 1. The lowest BCUT2D eigenvalue weighted by Crippen LogP contribution is -2.25. The van der Waals surface area contributed by atoms with E-state index in [2.05, 4.69) is 26.2 Å². The van der Waals surface area contributed by atoms with Gasteiger partial charge in [-0.3, -0.25) is 0 Å². The molecule has 0 aliphatic rings. The van der Waals surface area contributed by atoms with Crippen LogP contribution in [0.3, 0.4) is 0 Å². The molecule has 2 N–H and O–H groups in total. The van der Waals surface area contributed by atoms with Gasteiger partial charge in [0.1, 0.15) is 0 Å². The first kappa shape index (κ1) is 16.4. The van der Waals surface area contributed by atoms with Gasteiger partial charge in [-0.2, -0.15) is 0 Å². The second-order valence-corrected chi connectivity index (χ2v) is 6.58. The molecular weight excluding hydrogens is 352 g/mol. The second-order valence-electron chi connectivity index (χ2n) is 4.73. The van der Waals surface area contributed by atoms with E-state index in [0.29, 0.717) is 19.8 Å². The number of rotatable bonds is 8. The average Bonchev–Trinajstić information content (AvgIpc) is 2.88. The van der Waals surface area contributed by atoms with Gasteiger partial charge in [-0.05, 0) is 31.2 Å². The molecule has 4 nitrogen and oxygen atoms in total. The maximum absolute atomic E-state index is 9.87. The molecule has 0 aliphatic heterocycles. The molecule has 1 atom stereocenters. The third-order valence-corrected chi connectivity index (χ3v) is 4.54. The minimum Gasteiger partial charge on any atom is -0.389 e. The Morgan fingerprint density at radius 2 is 2.14 bits per heavy atom. The Hall–Kier alpha value is -0.950. The lowest BCUT2D eigenvalue weighted by molar-refractivity contribution is 0.0449. The largest absolute Gasteiger partial charge is 0.389 e. The predicted octanol–water partition coefficient (Wildman–Crippen LogP) is 3.25. The van der Waals surface area contributed by atoms with Crippen LogP contribution in [0.5, 0.6) is 0 Å². The van der Waals surface area contributed by atoms with Gasteiger partial charge < -0.3 is 15.2 Å². The number of aliphatic hydroxyl groups excluding tert-OH is 1. The Bertz CT molecular complexity index is 545. The van der Waals surface area contributed by atoms with Crippen LogP contribution in [0.4, 0.5) is 5.69 Å². The molecule has 6 heteroatoms. The summed E-state index contributed by atoms with van der Waals surface area (Å²) in [6, 6.07) is 7.85. The molecule has 1 aromatic carbocycles. The number of halogens is 1. The maximum atomic E-state index is 9.87. The monoisotopic (exact) mass is 370 g/mol. The summed E-state index contributed by atoms with van der Waals surface area (Å²) in [7, 11) is 0. The number of nitrogens with one attached hydrogen (secondary N) is 1. The highest BCUT2D eigenvalue weighted by molar-refractivity contribution is 9.10. The van der Waals surface area contributed by atoms with Gasteiger partial charge in [0.05, 0.1) is 30.5 Å². The third-order valence-electron chi connectivity index (χ3n) is 3.01. The number of hydrogen-bond donors (Lipinski definition) is 2. The van der Waals surface area contributed by atoms with Gasteiger partial charge in [0, 0.05) is 28.0 Å². The topological polar surface area (TPSA) is 54.4 Å². The van der Waals surface area contributed by atoms with E-state index >= 15 is 0 Å². The van der Waals surface area contributed by atoms with E-state index in [1.54, 1.807) is 11.3 Å². The third kappa shape index (κ3) is 5.74. The minimum atomic E-state index is -0.517. The number of thiazole rings is 1. The second kappa shape index (κ2) is 8.48. The molecule has 0 fully saturated rings. The number of nitrogens with zero attached hydrogens (tertiary/aromatic N) is 1. The summed E-state index contributed by atoms with van der Waals surface area (Å²) < 4.78 is 6.55. The first-order valence-electron chi connectivity index (χ1n) is 6.79. The molecule has 21 heavy (non-hydrogen) atoms. The molecule has 2 rings (SSSR count). The maximum Gasteiger partial charge on any atom is 0.0945 e. The molecule has 0 saturated heterocycles. The summed E-state index contributed by atoms with van der Waals surface area (Å²) in [5.74, 6) is 0. The van der Waals surface area contributed by atoms with E-state index in [1.807, 2.05) is 36.7 Å². The van der Waals surface area contributed by atoms with Crippen LogP contribution < -0.4 is 5.32 Å². The fraction of sp³-hybridized carbons (Fsp3) is 0.400.